The quantitative estimate of drug-likeness (QED) is 0.257. The Morgan fingerprint density at radius 2 is 1.29 bits per heavy atom. The van der Waals surface area contributed by atoms with Crippen LogP contribution in [0, 0.1) is 17.8 Å². The van der Waals surface area contributed by atoms with Gasteiger partial charge in [-0.15, -0.1) is 0 Å². The zero-order chi connectivity index (χ0) is 25.8. The van der Waals surface area contributed by atoms with Gasteiger partial charge in [0.15, 0.2) is 0 Å². The van der Waals surface area contributed by atoms with Crippen LogP contribution in [0.2, 0.25) is 0 Å². The Morgan fingerprint density at radius 3 is 1.74 bits per heavy atom. The largest absolute Gasteiger partial charge is 0.368 e. The van der Waals surface area contributed by atoms with Crippen LogP contribution in [0.25, 0.3) is 0 Å². The van der Waals surface area contributed by atoms with E-state index in [4.69, 9.17) is 5.73 Å². The molecule has 1 rings (SSSR count). The van der Waals surface area contributed by atoms with Crippen LogP contribution in [0.3, 0.4) is 0 Å². The van der Waals surface area contributed by atoms with E-state index in [1.165, 1.54) is 0 Å². The topological polar surface area (TPSA) is 159 Å². The molecule has 10 nitrogen and oxygen atoms in total. The Morgan fingerprint density at radius 1 is 0.824 bits per heavy atom. The number of carbonyl (C=O) groups excluding carboxylic acids is 4. The summed E-state index contributed by atoms with van der Waals surface area (Å²) >= 11 is 0. The average molecular weight is 479 g/mol. The van der Waals surface area contributed by atoms with E-state index in [0.717, 1.165) is 5.69 Å². The number of H-pyrrole nitrogens is 1. The summed E-state index contributed by atoms with van der Waals surface area (Å²) in [6.45, 7) is 11.7. The molecule has 3 atom stereocenters. The highest BCUT2D eigenvalue weighted by molar-refractivity contribution is 5.94. The maximum atomic E-state index is 13.1. The maximum absolute atomic E-state index is 13.1. The predicted molar refractivity (Wildman–Crippen MR) is 130 cm³/mol. The molecule has 10 heteroatoms. The van der Waals surface area contributed by atoms with Crippen LogP contribution in [-0.2, 0) is 25.6 Å². The lowest BCUT2D eigenvalue weighted by Crippen LogP contribution is -2.57. The average Bonchev–Trinajstić information content (AvgIpc) is 3.23. The molecule has 1 aromatic heterocycles. The van der Waals surface area contributed by atoms with Gasteiger partial charge in [-0.05, 0) is 43.4 Å². The van der Waals surface area contributed by atoms with Gasteiger partial charge in [0, 0.05) is 18.3 Å². The van der Waals surface area contributed by atoms with Crippen molar-refractivity contribution in [1.29, 1.82) is 0 Å². The molecule has 4 amide bonds. The standard InChI is InChI=1S/C24H42N6O4/c1-14(2)9-18(22(25)32)29-24(34)20(11-16(5)6)30-23(33)19(10-15(3)4)28-21(31)8-7-17-12-26-13-27-17/h12-16,18-20H,7-11H2,1-6H3,(H2,25,32)(H,26,27)(H,28,31)(H,29,34)(H,30,33)/t18-,19-,20-/m0/s1. The molecule has 0 spiro atoms. The second-order valence-electron chi connectivity index (χ2n) is 10.1. The number of carbonyl (C=O) groups is 4. The molecule has 0 radical (unpaired) electrons. The molecule has 0 bridgehead atoms. The number of nitrogens with one attached hydrogen (secondary N) is 4. The van der Waals surface area contributed by atoms with Gasteiger partial charge in [-0.2, -0.15) is 0 Å². The van der Waals surface area contributed by atoms with E-state index >= 15 is 0 Å². The van der Waals surface area contributed by atoms with Crippen LogP contribution in [0.1, 0.15) is 72.9 Å². The number of hydrogen-bond acceptors (Lipinski definition) is 5. The third-order valence-electron chi connectivity index (χ3n) is 5.24. The van der Waals surface area contributed by atoms with E-state index < -0.39 is 35.8 Å². The van der Waals surface area contributed by atoms with Crippen LogP contribution in [0.5, 0.6) is 0 Å². The van der Waals surface area contributed by atoms with Gasteiger partial charge in [-0.3, -0.25) is 19.2 Å². The number of aromatic nitrogens is 2. The fourth-order valence-corrected chi connectivity index (χ4v) is 3.60. The van der Waals surface area contributed by atoms with Crippen LogP contribution < -0.4 is 21.7 Å². The highest BCUT2D eigenvalue weighted by Gasteiger charge is 2.30. The Hall–Kier alpha value is -2.91. The van der Waals surface area contributed by atoms with Crippen LogP contribution in [0.4, 0.5) is 0 Å². The third kappa shape index (κ3) is 11.3. The summed E-state index contributed by atoms with van der Waals surface area (Å²) in [4.78, 5) is 57.3. The number of aromatic amines is 1. The molecular formula is C24H42N6O4. The molecule has 0 saturated carbocycles. The van der Waals surface area contributed by atoms with E-state index in [2.05, 4.69) is 25.9 Å². The van der Waals surface area contributed by atoms with Crippen molar-refractivity contribution in [3.8, 4) is 0 Å². The fraction of sp³-hybridized carbons (Fsp3) is 0.708. The van der Waals surface area contributed by atoms with Gasteiger partial charge in [0.25, 0.3) is 0 Å². The molecule has 192 valence electrons. The lowest BCUT2D eigenvalue weighted by atomic mass is 9.98. The first-order chi connectivity index (χ1) is 15.9. The molecule has 0 aliphatic carbocycles. The lowest BCUT2D eigenvalue weighted by Gasteiger charge is -2.26. The van der Waals surface area contributed by atoms with Gasteiger partial charge >= 0.3 is 0 Å². The van der Waals surface area contributed by atoms with E-state index in [-0.39, 0.29) is 30.1 Å². The molecular weight excluding hydrogens is 436 g/mol. The highest BCUT2D eigenvalue weighted by Crippen LogP contribution is 2.11. The molecule has 0 aromatic carbocycles. The SMILES string of the molecule is CC(C)C[C@H](NC(=O)[C@H](CC(C)C)NC(=O)[C@H](CC(C)C)NC(=O)CCc1cnc[nH]1)C(N)=O. The van der Waals surface area contributed by atoms with Crippen molar-refractivity contribution >= 4 is 23.6 Å². The zero-order valence-corrected chi connectivity index (χ0v) is 21.3. The number of amides is 4. The minimum Gasteiger partial charge on any atom is -0.368 e. The number of imidazole rings is 1. The van der Waals surface area contributed by atoms with Gasteiger partial charge in [0.05, 0.1) is 6.33 Å². The van der Waals surface area contributed by atoms with Crippen LogP contribution >= 0.6 is 0 Å². The molecule has 0 aliphatic rings. The van der Waals surface area contributed by atoms with E-state index in [0.29, 0.717) is 25.7 Å². The normalized spacial score (nSPS) is 14.0. The Labute approximate surface area is 202 Å². The zero-order valence-electron chi connectivity index (χ0n) is 21.3. The van der Waals surface area contributed by atoms with Gasteiger partial charge in [-0.25, -0.2) is 4.98 Å². The summed E-state index contributed by atoms with van der Waals surface area (Å²) in [6.07, 6.45) is 5.10. The second kappa shape index (κ2) is 14.4. The summed E-state index contributed by atoms with van der Waals surface area (Å²) in [5.74, 6) is -1.34. The number of nitrogens with zero attached hydrogens (tertiary/aromatic N) is 1. The highest BCUT2D eigenvalue weighted by atomic mass is 16.2. The van der Waals surface area contributed by atoms with Crippen molar-refractivity contribution in [2.45, 2.75) is 91.8 Å². The van der Waals surface area contributed by atoms with Crippen molar-refractivity contribution < 1.29 is 19.2 Å². The predicted octanol–water partition coefficient (Wildman–Crippen LogP) is 1.42. The lowest BCUT2D eigenvalue weighted by molar-refractivity contribution is -0.134. The number of aryl methyl sites for hydroxylation is 1. The number of nitrogens with two attached hydrogens (primary N) is 1. The van der Waals surface area contributed by atoms with Gasteiger partial charge in [0.2, 0.25) is 23.6 Å². The van der Waals surface area contributed by atoms with Crippen LogP contribution in [0.15, 0.2) is 12.5 Å². The smallest absolute Gasteiger partial charge is 0.243 e. The third-order valence-corrected chi connectivity index (χ3v) is 5.24. The molecule has 0 fully saturated rings. The molecule has 0 aliphatic heterocycles. The van der Waals surface area contributed by atoms with Crippen molar-refractivity contribution in [3.05, 3.63) is 18.2 Å². The Balaban J connectivity index is 2.87. The number of hydrogen-bond donors (Lipinski definition) is 5. The second-order valence-corrected chi connectivity index (χ2v) is 10.1. The van der Waals surface area contributed by atoms with Crippen LogP contribution in [-0.4, -0.2) is 51.7 Å². The molecule has 0 saturated heterocycles. The number of primary amides is 1. The summed E-state index contributed by atoms with van der Waals surface area (Å²) in [5, 5.41) is 8.28. The monoisotopic (exact) mass is 478 g/mol. The molecule has 1 aromatic rings. The van der Waals surface area contributed by atoms with Crippen molar-refractivity contribution in [2.75, 3.05) is 0 Å². The maximum Gasteiger partial charge on any atom is 0.243 e. The Kier molecular flexibility index (Phi) is 12.3. The van der Waals surface area contributed by atoms with Crippen molar-refractivity contribution in [3.63, 3.8) is 0 Å². The molecule has 6 N–H and O–H groups in total. The fourth-order valence-electron chi connectivity index (χ4n) is 3.60. The summed E-state index contributed by atoms with van der Waals surface area (Å²) in [7, 11) is 0. The summed E-state index contributed by atoms with van der Waals surface area (Å²) in [5.41, 5.74) is 6.30. The first-order valence-corrected chi connectivity index (χ1v) is 12.1. The van der Waals surface area contributed by atoms with Gasteiger partial charge < -0.3 is 26.7 Å². The molecule has 34 heavy (non-hydrogen) atoms. The molecule has 0 unspecified atom stereocenters. The molecule has 1 heterocycles. The van der Waals surface area contributed by atoms with Crippen molar-refractivity contribution in [1.82, 2.24) is 25.9 Å². The van der Waals surface area contributed by atoms with Gasteiger partial charge in [-0.1, -0.05) is 41.5 Å². The summed E-state index contributed by atoms with van der Waals surface area (Å²) < 4.78 is 0. The first kappa shape index (κ1) is 29.1. The summed E-state index contributed by atoms with van der Waals surface area (Å²) in [6, 6.07) is -2.44. The van der Waals surface area contributed by atoms with E-state index in [9.17, 15) is 19.2 Å². The van der Waals surface area contributed by atoms with Crippen molar-refractivity contribution in [2.24, 2.45) is 23.5 Å². The Bertz CT molecular complexity index is 791. The minimum absolute atomic E-state index is 0.112. The minimum atomic E-state index is -0.849. The first-order valence-electron chi connectivity index (χ1n) is 12.1. The van der Waals surface area contributed by atoms with Gasteiger partial charge in [0.1, 0.15) is 18.1 Å². The number of rotatable bonds is 15. The van der Waals surface area contributed by atoms with E-state index in [1.54, 1.807) is 12.5 Å². The van der Waals surface area contributed by atoms with E-state index in [1.807, 2.05) is 41.5 Å².